The van der Waals surface area contributed by atoms with E-state index in [0.717, 1.165) is 11.3 Å². The number of carboxylic acids is 1. The van der Waals surface area contributed by atoms with E-state index < -0.39 is 19.2 Å². The molecule has 0 heterocycles. The maximum absolute atomic E-state index is 12.4. The van der Waals surface area contributed by atoms with Gasteiger partial charge in [0.25, 0.3) is 0 Å². The quantitative estimate of drug-likeness (QED) is 0.334. The first-order valence-electron chi connectivity index (χ1n) is 11.9. The van der Waals surface area contributed by atoms with Gasteiger partial charge in [0, 0.05) is 0 Å². The molecule has 0 saturated heterocycles. The van der Waals surface area contributed by atoms with Crippen molar-refractivity contribution in [2.75, 3.05) is 7.11 Å². The van der Waals surface area contributed by atoms with E-state index in [1.165, 1.54) is 29.9 Å². The van der Waals surface area contributed by atoms with Crippen LogP contribution in [0, 0.1) is 20.8 Å². The molecule has 4 heteroatoms. The summed E-state index contributed by atoms with van der Waals surface area (Å²) in [6.45, 7) is 6.27. The second-order valence-electron chi connectivity index (χ2n) is 9.33. The molecule has 35 heavy (non-hydrogen) atoms. The van der Waals surface area contributed by atoms with Crippen molar-refractivity contribution in [1.29, 1.82) is 0 Å². The number of rotatable bonds is 8. The molecular weight excluding hydrogens is 493 g/mol. The Morgan fingerprint density at radius 2 is 1.17 bits per heavy atom. The molecule has 0 aliphatic heterocycles. The van der Waals surface area contributed by atoms with Crippen LogP contribution in [0.5, 0.6) is 5.75 Å². The molecule has 4 aromatic carbocycles. The third kappa shape index (κ3) is 5.06. The number of methoxy groups -OCH3 is 1. The van der Waals surface area contributed by atoms with Crippen molar-refractivity contribution in [3.63, 3.8) is 0 Å². The van der Waals surface area contributed by atoms with Gasteiger partial charge in [0.2, 0.25) is 0 Å². The van der Waals surface area contributed by atoms with Gasteiger partial charge in [0.05, 0.1) is 0 Å². The van der Waals surface area contributed by atoms with Crippen LogP contribution >= 0.6 is 0 Å². The van der Waals surface area contributed by atoms with Crippen molar-refractivity contribution in [3.05, 3.63) is 119 Å². The van der Waals surface area contributed by atoms with E-state index in [1.54, 1.807) is 7.11 Å². The Kier molecular flexibility index (Phi) is 7.46. The summed E-state index contributed by atoms with van der Waals surface area (Å²) in [6.07, 6.45) is 0.0444. The minimum atomic E-state index is -3.65. The summed E-state index contributed by atoms with van der Waals surface area (Å²) in [5.41, 5.74) is 4.57. The molecule has 0 bridgehead atoms. The summed E-state index contributed by atoms with van der Waals surface area (Å²) < 4.78 is 9.10. The molecule has 0 fully saturated rings. The predicted octanol–water partition coefficient (Wildman–Crippen LogP) is 4.89. The molecule has 1 N–H and O–H groups in total. The van der Waals surface area contributed by atoms with Crippen molar-refractivity contribution in [2.24, 2.45) is 0 Å². The number of hydrogen-bond acceptors (Lipinski definition) is 2. The molecule has 0 aromatic heterocycles. The maximum atomic E-state index is 12.4. The Bertz CT molecular complexity index is 1180. The van der Waals surface area contributed by atoms with Crippen molar-refractivity contribution in [3.8, 4) is 5.75 Å². The number of carboxylic acid groups (broad SMARTS) is 1. The van der Waals surface area contributed by atoms with Crippen LogP contribution in [-0.2, 0) is 4.79 Å². The van der Waals surface area contributed by atoms with Crippen LogP contribution in [0.2, 0.25) is 0 Å². The zero-order valence-corrected chi connectivity index (χ0v) is 22.9. The Balaban J connectivity index is 2.14. The van der Waals surface area contributed by atoms with E-state index in [0.29, 0.717) is 0 Å². The van der Waals surface area contributed by atoms with E-state index in [9.17, 15) is 9.90 Å². The predicted molar refractivity (Wildman–Crippen MR) is 146 cm³/mol. The molecule has 0 aliphatic carbocycles. The minimum absolute atomic E-state index is 0.0444. The van der Waals surface area contributed by atoms with Gasteiger partial charge in [-0.1, -0.05) is 0 Å². The van der Waals surface area contributed by atoms with Crippen LogP contribution in [0.15, 0.2) is 97.1 Å². The van der Waals surface area contributed by atoms with Gasteiger partial charge >= 0.3 is 211 Å². The summed E-state index contributed by atoms with van der Waals surface area (Å²) in [5.74, 6) is -0.0509. The molecule has 0 radical (unpaired) electrons. The summed E-state index contributed by atoms with van der Waals surface area (Å²) in [4.78, 5) is 12.4. The van der Waals surface area contributed by atoms with Gasteiger partial charge < -0.3 is 0 Å². The number of carbonyl (C=O) groups is 1. The molecule has 1 atom stereocenters. The SMILES string of the molecule is COc1cccc([CH](CC(=O)O)[Ge]([c]2ccc(C)cc2)([c]2ccc(C)cc2)[c]2ccc(C)cc2)c1. The Morgan fingerprint density at radius 3 is 1.54 bits per heavy atom. The first-order chi connectivity index (χ1) is 16.8. The van der Waals surface area contributed by atoms with Crippen molar-refractivity contribution < 1.29 is 14.6 Å². The molecule has 178 valence electrons. The molecule has 4 rings (SSSR count). The molecule has 0 aliphatic rings. The fourth-order valence-corrected chi connectivity index (χ4v) is 16.5. The average molecular weight is 525 g/mol. The summed E-state index contributed by atoms with van der Waals surface area (Å²) in [5, 5.41) is 10.2. The number of aryl methyl sites for hydroxylation is 3. The molecule has 4 aromatic rings. The normalized spacial score (nSPS) is 12.2. The monoisotopic (exact) mass is 526 g/mol. The number of hydrogen-bond donors (Lipinski definition) is 1. The van der Waals surface area contributed by atoms with Crippen LogP contribution in [-0.4, -0.2) is 31.5 Å². The van der Waals surface area contributed by atoms with Crippen LogP contribution in [0.25, 0.3) is 0 Å². The van der Waals surface area contributed by atoms with Gasteiger partial charge in [-0.05, 0) is 0 Å². The fourth-order valence-electron chi connectivity index (χ4n) is 5.11. The van der Waals surface area contributed by atoms with Gasteiger partial charge in [-0.15, -0.1) is 0 Å². The standard InChI is InChI=1S/C31H32GeO3/c1-22-8-14-26(15-9-22)32(27-16-10-23(2)11-17-27,28-18-12-24(3)13-19-28)30(21-31(33)34)25-6-5-7-29(20-25)35-4/h5-20,30H,21H2,1-4H3,(H,33,34). The van der Waals surface area contributed by atoms with E-state index in [1.807, 2.05) is 18.2 Å². The number of aliphatic carboxylic acids is 1. The molecule has 3 nitrogen and oxygen atoms in total. The first-order valence-corrected chi connectivity index (χ1v) is 16.3. The Hall–Kier alpha value is -3.31. The van der Waals surface area contributed by atoms with Crippen molar-refractivity contribution in [1.82, 2.24) is 0 Å². The molecule has 0 spiro atoms. The topological polar surface area (TPSA) is 46.5 Å². The van der Waals surface area contributed by atoms with Crippen molar-refractivity contribution >= 4 is 32.4 Å². The molecule has 0 saturated carbocycles. The van der Waals surface area contributed by atoms with Crippen LogP contribution < -0.4 is 17.9 Å². The Morgan fingerprint density at radius 1 is 0.743 bits per heavy atom. The first kappa shape index (κ1) is 24.8. The Labute approximate surface area is 210 Å². The fraction of sp³-hybridized carbons (Fsp3) is 0.194. The third-order valence-corrected chi connectivity index (χ3v) is 18.1. The van der Waals surface area contributed by atoms with Gasteiger partial charge in [0.15, 0.2) is 0 Å². The summed E-state index contributed by atoms with van der Waals surface area (Å²) in [6, 6.07) is 34.2. The van der Waals surface area contributed by atoms with Gasteiger partial charge in [-0.2, -0.15) is 0 Å². The van der Waals surface area contributed by atoms with E-state index in [2.05, 4.69) is 99.6 Å². The average Bonchev–Trinajstić information content (AvgIpc) is 2.86. The second kappa shape index (κ2) is 10.5. The number of benzene rings is 4. The molecular formula is C31H32GeO3. The zero-order valence-electron chi connectivity index (χ0n) is 20.8. The summed E-state index contributed by atoms with van der Waals surface area (Å²) in [7, 11) is 1.65. The van der Waals surface area contributed by atoms with Gasteiger partial charge in [-0.3, -0.25) is 0 Å². The summed E-state index contributed by atoms with van der Waals surface area (Å²) >= 11 is -3.65. The molecule has 1 unspecified atom stereocenters. The third-order valence-electron chi connectivity index (χ3n) is 6.92. The van der Waals surface area contributed by atoms with Crippen molar-refractivity contribution in [2.45, 2.75) is 31.9 Å². The van der Waals surface area contributed by atoms with E-state index in [4.69, 9.17) is 4.74 Å². The van der Waals surface area contributed by atoms with Crippen LogP contribution in [0.3, 0.4) is 0 Å². The molecule has 0 amide bonds. The zero-order chi connectivity index (χ0) is 25.0. The van der Waals surface area contributed by atoms with Crippen LogP contribution in [0.4, 0.5) is 0 Å². The number of ether oxygens (including phenoxy) is 1. The van der Waals surface area contributed by atoms with E-state index in [-0.39, 0.29) is 11.2 Å². The van der Waals surface area contributed by atoms with Crippen LogP contribution in [0.1, 0.15) is 33.4 Å². The van der Waals surface area contributed by atoms with Gasteiger partial charge in [0.1, 0.15) is 0 Å². The second-order valence-corrected chi connectivity index (χ2v) is 17.8. The van der Waals surface area contributed by atoms with E-state index >= 15 is 0 Å². The van der Waals surface area contributed by atoms with Gasteiger partial charge in [-0.25, -0.2) is 0 Å².